The summed E-state index contributed by atoms with van der Waals surface area (Å²) >= 11 is 0. The van der Waals surface area contributed by atoms with Crippen LogP contribution in [-0.4, -0.2) is 28.4 Å². The van der Waals surface area contributed by atoms with Gasteiger partial charge in [0.1, 0.15) is 5.75 Å². The number of hydrogen-bond donors (Lipinski definition) is 1. The van der Waals surface area contributed by atoms with Crippen molar-refractivity contribution in [1.82, 2.24) is 9.66 Å². The summed E-state index contributed by atoms with van der Waals surface area (Å²) < 4.78 is 46.8. The Labute approximate surface area is 232 Å². The molecule has 5 rings (SSSR count). The second kappa shape index (κ2) is 11.5. The minimum atomic E-state index is -4.57. The van der Waals surface area contributed by atoms with Crippen molar-refractivity contribution >= 4 is 28.7 Å². The largest absolute Gasteiger partial charge is 0.484 e. The molecule has 7 nitrogen and oxygen atoms in total. The van der Waals surface area contributed by atoms with E-state index in [-0.39, 0.29) is 29.3 Å². The van der Waals surface area contributed by atoms with E-state index in [4.69, 9.17) is 4.74 Å². The van der Waals surface area contributed by atoms with Gasteiger partial charge < -0.3 is 10.1 Å². The number of carbonyl (C=O) groups excluding carboxylic acids is 1. The van der Waals surface area contributed by atoms with E-state index in [0.29, 0.717) is 22.5 Å². The van der Waals surface area contributed by atoms with Gasteiger partial charge in [0.25, 0.3) is 11.5 Å². The molecule has 1 amide bonds. The summed E-state index contributed by atoms with van der Waals surface area (Å²) in [6.45, 7) is 1.65. The molecule has 0 fully saturated rings. The Morgan fingerprint density at radius 2 is 1.73 bits per heavy atom. The molecular weight excluding hydrogens is 533 g/mol. The zero-order chi connectivity index (χ0) is 29.0. The Morgan fingerprint density at radius 1 is 0.976 bits per heavy atom. The number of carbonyl (C=O) groups is 1. The molecule has 0 spiro atoms. The van der Waals surface area contributed by atoms with Crippen molar-refractivity contribution in [2.24, 2.45) is 5.10 Å². The summed E-state index contributed by atoms with van der Waals surface area (Å²) in [4.78, 5) is 30.2. The van der Waals surface area contributed by atoms with Crippen LogP contribution in [0.25, 0.3) is 22.3 Å². The summed E-state index contributed by atoms with van der Waals surface area (Å²) in [5.74, 6) is 0.00481. The first-order valence-corrected chi connectivity index (χ1v) is 12.5. The van der Waals surface area contributed by atoms with Crippen LogP contribution in [0.5, 0.6) is 5.75 Å². The Morgan fingerprint density at radius 3 is 2.54 bits per heavy atom. The lowest BCUT2D eigenvalue weighted by Gasteiger charge is -2.12. The first kappa shape index (κ1) is 27.3. The van der Waals surface area contributed by atoms with E-state index in [1.54, 1.807) is 54.6 Å². The number of fused-ring (bicyclic) bond motifs is 1. The number of ether oxygens (including phenoxy) is 1. The van der Waals surface area contributed by atoms with E-state index in [9.17, 15) is 22.8 Å². The van der Waals surface area contributed by atoms with E-state index in [0.717, 1.165) is 22.4 Å². The maximum Gasteiger partial charge on any atom is 0.416 e. The van der Waals surface area contributed by atoms with E-state index in [1.807, 2.05) is 25.1 Å². The fourth-order valence-electron chi connectivity index (χ4n) is 4.11. The summed E-state index contributed by atoms with van der Waals surface area (Å²) in [5.41, 5.74) is 1.13. The fourth-order valence-corrected chi connectivity index (χ4v) is 4.11. The van der Waals surface area contributed by atoms with Crippen molar-refractivity contribution in [2.45, 2.75) is 13.1 Å². The van der Waals surface area contributed by atoms with Gasteiger partial charge in [-0.15, -0.1) is 0 Å². The molecule has 0 saturated carbocycles. The Bertz CT molecular complexity index is 1830. The minimum Gasteiger partial charge on any atom is -0.484 e. The van der Waals surface area contributed by atoms with Crippen LogP contribution in [0, 0.1) is 6.92 Å². The zero-order valence-electron chi connectivity index (χ0n) is 21.7. The van der Waals surface area contributed by atoms with Gasteiger partial charge >= 0.3 is 6.18 Å². The molecule has 5 aromatic rings. The van der Waals surface area contributed by atoms with Crippen molar-refractivity contribution in [3.63, 3.8) is 0 Å². The number of anilines is 1. The highest BCUT2D eigenvalue weighted by Gasteiger charge is 2.31. The van der Waals surface area contributed by atoms with E-state index < -0.39 is 17.3 Å². The lowest BCUT2D eigenvalue weighted by atomic mass is 10.1. The fraction of sp³-hybridized carbons (Fsp3) is 0.0968. The van der Waals surface area contributed by atoms with E-state index in [2.05, 4.69) is 15.4 Å². The predicted molar refractivity (Wildman–Crippen MR) is 151 cm³/mol. The maximum atomic E-state index is 13.4. The average Bonchev–Trinajstić information content (AvgIpc) is 2.96. The monoisotopic (exact) mass is 556 g/mol. The van der Waals surface area contributed by atoms with Gasteiger partial charge in [0.2, 0.25) is 0 Å². The Kier molecular flexibility index (Phi) is 7.64. The van der Waals surface area contributed by atoms with Crippen LogP contribution in [0.2, 0.25) is 0 Å². The summed E-state index contributed by atoms with van der Waals surface area (Å²) in [6, 6.07) is 25.1. The minimum absolute atomic E-state index is 0.0451. The molecule has 10 heteroatoms. The standard InChI is InChI=1S/C31H23F3N4O3/c1-20-8-2-4-14-26(20)36-28(39)19-41-24-12-6-9-21(16-24)18-35-38-29(22-10-7-11-23(17-22)31(32,33)34)37-27-15-5-3-13-25(27)30(38)40/h2-18H,19H2,1H3,(H,36,39). The molecule has 0 saturated heterocycles. The molecule has 0 unspecified atom stereocenters. The van der Waals surface area contributed by atoms with Crippen LogP contribution in [0.3, 0.4) is 0 Å². The zero-order valence-corrected chi connectivity index (χ0v) is 21.7. The molecule has 1 heterocycles. The molecular formula is C31H23F3N4O3. The number of hydrogen-bond acceptors (Lipinski definition) is 5. The van der Waals surface area contributed by atoms with Gasteiger partial charge in [-0.25, -0.2) is 4.98 Å². The van der Waals surface area contributed by atoms with Gasteiger partial charge in [-0.3, -0.25) is 9.59 Å². The molecule has 1 aromatic heterocycles. The molecule has 0 radical (unpaired) electrons. The van der Waals surface area contributed by atoms with Gasteiger partial charge in [-0.1, -0.05) is 54.6 Å². The second-order valence-electron chi connectivity index (χ2n) is 9.12. The molecule has 0 aliphatic carbocycles. The van der Waals surface area contributed by atoms with Crippen molar-refractivity contribution in [2.75, 3.05) is 11.9 Å². The topological polar surface area (TPSA) is 85.6 Å². The van der Waals surface area contributed by atoms with Crippen molar-refractivity contribution in [3.8, 4) is 17.1 Å². The predicted octanol–water partition coefficient (Wildman–Crippen LogP) is 6.29. The second-order valence-corrected chi connectivity index (χ2v) is 9.12. The van der Waals surface area contributed by atoms with Gasteiger partial charge in [0, 0.05) is 11.3 Å². The summed E-state index contributed by atoms with van der Waals surface area (Å²) in [7, 11) is 0. The first-order valence-electron chi connectivity index (χ1n) is 12.5. The molecule has 4 aromatic carbocycles. The first-order chi connectivity index (χ1) is 19.7. The van der Waals surface area contributed by atoms with Crippen LogP contribution < -0.4 is 15.6 Å². The van der Waals surface area contributed by atoms with Gasteiger partial charge in [0.15, 0.2) is 12.4 Å². The van der Waals surface area contributed by atoms with Gasteiger partial charge in [-0.05, 0) is 60.5 Å². The van der Waals surface area contributed by atoms with Crippen LogP contribution in [0.15, 0.2) is 107 Å². The number of aromatic nitrogens is 2. The number of amides is 1. The number of para-hydroxylation sites is 2. The number of nitrogens with one attached hydrogen (secondary N) is 1. The van der Waals surface area contributed by atoms with Crippen LogP contribution in [0.1, 0.15) is 16.7 Å². The third-order valence-electron chi connectivity index (χ3n) is 6.17. The molecule has 41 heavy (non-hydrogen) atoms. The van der Waals surface area contributed by atoms with Gasteiger partial charge in [-0.2, -0.15) is 22.9 Å². The molecule has 0 aliphatic rings. The number of alkyl halides is 3. The van der Waals surface area contributed by atoms with E-state index >= 15 is 0 Å². The number of benzene rings is 4. The molecule has 0 aliphatic heterocycles. The number of nitrogens with zero attached hydrogens (tertiary/aromatic N) is 3. The van der Waals surface area contributed by atoms with Gasteiger partial charge in [0.05, 0.1) is 22.7 Å². The lowest BCUT2D eigenvalue weighted by Crippen LogP contribution is -2.21. The maximum absolute atomic E-state index is 13.4. The molecule has 206 valence electrons. The van der Waals surface area contributed by atoms with Crippen molar-refractivity contribution < 1.29 is 22.7 Å². The number of rotatable bonds is 7. The van der Waals surface area contributed by atoms with Crippen molar-refractivity contribution in [1.29, 1.82) is 0 Å². The van der Waals surface area contributed by atoms with Crippen LogP contribution in [-0.2, 0) is 11.0 Å². The SMILES string of the molecule is Cc1ccccc1NC(=O)COc1cccc(C=Nn2c(-c3cccc(C(F)(F)F)c3)nc3ccccc3c2=O)c1. The van der Waals surface area contributed by atoms with Crippen LogP contribution >= 0.6 is 0 Å². The highest BCUT2D eigenvalue weighted by molar-refractivity contribution is 5.92. The lowest BCUT2D eigenvalue weighted by molar-refractivity contribution is -0.137. The summed E-state index contributed by atoms with van der Waals surface area (Å²) in [5, 5.41) is 7.35. The smallest absolute Gasteiger partial charge is 0.416 e. The number of halogens is 3. The normalized spacial score (nSPS) is 11.6. The third-order valence-corrected chi connectivity index (χ3v) is 6.17. The highest BCUT2D eigenvalue weighted by Crippen LogP contribution is 2.32. The number of aryl methyl sites for hydroxylation is 1. The highest BCUT2D eigenvalue weighted by atomic mass is 19.4. The summed E-state index contributed by atoms with van der Waals surface area (Å²) in [6.07, 6.45) is -3.20. The third kappa shape index (κ3) is 6.33. The Balaban J connectivity index is 1.43. The quantitative estimate of drug-likeness (QED) is 0.239. The van der Waals surface area contributed by atoms with Crippen molar-refractivity contribution in [3.05, 3.63) is 124 Å². The Hall–Kier alpha value is -5.25. The van der Waals surface area contributed by atoms with E-state index in [1.165, 1.54) is 18.3 Å². The molecule has 0 atom stereocenters. The van der Waals surface area contributed by atoms with Crippen LogP contribution in [0.4, 0.5) is 18.9 Å². The molecule has 1 N–H and O–H groups in total. The average molecular weight is 557 g/mol. The molecule has 0 bridgehead atoms.